The van der Waals surface area contributed by atoms with Gasteiger partial charge < -0.3 is 9.47 Å². The maximum Gasteiger partial charge on any atom is 0.323 e. The minimum atomic E-state index is -0.293. The van der Waals surface area contributed by atoms with Crippen LogP contribution >= 0.6 is 0 Å². The fourth-order valence-corrected chi connectivity index (χ4v) is 1.66. The summed E-state index contributed by atoms with van der Waals surface area (Å²) in [6, 6.07) is -0.293. The topological polar surface area (TPSA) is 55.8 Å². The van der Waals surface area contributed by atoms with E-state index in [1.807, 2.05) is 11.9 Å². The Balaban J connectivity index is 2.54. The van der Waals surface area contributed by atoms with Crippen LogP contribution < -0.4 is 0 Å². The number of ether oxygens (including phenoxy) is 2. The van der Waals surface area contributed by atoms with Gasteiger partial charge in [-0.2, -0.15) is 0 Å². The van der Waals surface area contributed by atoms with Gasteiger partial charge in [0.15, 0.2) is 0 Å². The van der Waals surface area contributed by atoms with Crippen molar-refractivity contribution in [3.63, 3.8) is 0 Å². The summed E-state index contributed by atoms with van der Waals surface area (Å²) in [5, 5.41) is 0. The van der Waals surface area contributed by atoms with Crippen LogP contribution in [0.2, 0.25) is 0 Å². The lowest BCUT2D eigenvalue weighted by molar-refractivity contribution is -0.152. The van der Waals surface area contributed by atoms with Gasteiger partial charge in [-0.25, -0.2) is 0 Å². The number of rotatable bonds is 3. The van der Waals surface area contributed by atoms with Crippen molar-refractivity contribution in [3.05, 3.63) is 0 Å². The lowest BCUT2D eigenvalue weighted by Gasteiger charge is -2.34. The molecule has 0 bridgehead atoms. The molecule has 0 saturated carbocycles. The first-order valence-corrected chi connectivity index (χ1v) is 4.56. The molecule has 0 aliphatic carbocycles. The Labute approximate surface area is 83.0 Å². The Morgan fingerprint density at radius 3 is 2.86 bits per heavy atom. The van der Waals surface area contributed by atoms with Crippen molar-refractivity contribution in [3.8, 4) is 0 Å². The molecule has 0 aromatic rings. The minimum absolute atomic E-state index is 0.159. The van der Waals surface area contributed by atoms with Gasteiger partial charge in [-0.05, 0) is 13.5 Å². The summed E-state index contributed by atoms with van der Waals surface area (Å²) in [5.41, 5.74) is 0. The second-order valence-corrected chi connectivity index (χ2v) is 3.40. The van der Waals surface area contributed by atoms with E-state index in [0.29, 0.717) is 12.9 Å². The largest absolute Gasteiger partial charge is 0.468 e. The van der Waals surface area contributed by atoms with Crippen molar-refractivity contribution in [2.45, 2.75) is 25.0 Å². The molecule has 0 aromatic carbocycles. The zero-order valence-electron chi connectivity index (χ0n) is 8.43. The molecule has 0 amide bonds. The Morgan fingerprint density at radius 1 is 1.57 bits per heavy atom. The molecule has 1 rings (SSSR count). The number of esters is 1. The quantitative estimate of drug-likeness (QED) is 0.467. The third-order valence-electron chi connectivity index (χ3n) is 2.54. The van der Waals surface area contributed by atoms with E-state index in [9.17, 15) is 9.59 Å². The maximum atomic E-state index is 11.3. The molecule has 0 aromatic heterocycles. The number of likely N-dealkylation sites (N-methyl/N-ethyl adjacent to an activating group) is 1. The number of nitrogens with zero attached hydrogens (tertiary/aromatic N) is 1. The molecule has 1 heterocycles. The first kappa shape index (κ1) is 11.0. The molecule has 0 N–H and O–H groups in total. The van der Waals surface area contributed by atoms with E-state index < -0.39 is 0 Å². The molecule has 2 atom stereocenters. The number of hydrogen-bond acceptors (Lipinski definition) is 5. The van der Waals surface area contributed by atoms with Crippen molar-refractivity contribution in [2.75, 3.05) is 20.7 Å². The predicted molar refractivity (Wildman–Crippen MR) is 48.6 cm³/mol. The maximum absolute atomic E-state index is 11.3. The van der Waals surface area contributed by atoms with Gasteiger partial charge in [0.05, 0.1) is 7.11 Å². The van der Waals surface area contributed by atoms with Gasteiger partial charge in [-0.3, -0.25) is 14.5 Å². The Bertz CT molecular complexity index is 219. The van der Waals surface area contributed by atoms with Crippen molar-refractivity contribution >= 4 is 12.4 Å². The van der Waals surface area contributed by atoms with Crippen LogP contribution in [0.5, 0.6) is 0 Å². The van der Waals surface area contributed by atoms with Crippen molar-refractivity contribution < 1.29 is 19.1 Å². The smallest absolute Gasteiger partial charge is 0.323 e. The van der Waals surface area contributed by atoms with E-state index in [4.69, 9.17) is 4.74 Å². The van der Waals surface area contributed by atoms with E-state index in [0.717, 1.165) is 13.0 Å². The molecule has 14 heavy (non-hydrogen) atoms. The second kappa shape index (κ2) is 4.95. The zero-order valence-corrected chi connectivity index (χ0v) is 8.43. The van der Waals surface area contributed by atoms with E-state index in [2.05, 4.69) is 4.74 Å². The summed E-state index contributed by atoms with van der Waals surface area (Å²) in [4.78, 5) is 23.4. The number of methoxy groups -OCH3 is 1. The average Bonchev–Trinajstić information content (AvgIpc) is 2.20. The van der Waals surface area contributed by atoms with Crippen LogP contribution in [0.15, 0.2) is 0 Å². The van der Waals surface area contributed by atoms with Gasteiger partial charge in [0.2, 0.25) is 0 Å². The van der Waals surface area contributed by atoms with E-state index in [1.165, 1.54) is 7.11 Å². The van der Waals surface area contributed by atoms with Gasteiger partial charge in [0, 0.05) is 13.0 Å². The molecule has 80 valence electrons. The molecule has 1 aliphatic rings. The van der Waals surface area contributed by atoms with Crippen molar-refractivity contribution in [2.24, 2.45) is 0 Å². The van der Waals surface area contributed by atoms with Crippen molar-refractivity contribution in [1.29, 1.82) is 0 Å². The van der Waals surface area contributed by atoms with E-state index in [1.54, 1.807) is 0 Å². The Kier molecular flexibility index (Phi) is 3.88. The summed E-state index contributed by atoms with van der Waals surface area (Å²) in [5.74, 6) is -0.272. The van der Waals surface area contributed by atoms with Crippen LogP contribution in [0.3, 0.4) is 0 Å². The van der Waals surface area contributed by atoms with Gasteiger partial charge in [0.1, 0.15) is 12.1 Å². The summed E-state index contributed by atoms with van der Waals surface area (Å²) < 4.78 is 9.50. The summed E-state index contributed by atoms with van der Waals surface area (Å²) in [7, 11) is 3.22. The molecule has 0 spiro atoms. The monoisotopic (exact) mass is 201 g/mol. The fraction of sp³-hybridized carbons (Fsp3) is 0.778. The molecule has 1 unspecified atom stereocenters. The number of carbonyl (C=O) groups excluding carboxylic acids is 2. The Morgan fingerprint density at radius 2 is 2.29 bits per heavy atom. The van der Waals surface area contributed by atoms with Crippen LogP contribution in [0, 0.1) is 0 Å². The minimum Gasteiger partial charge on any atom is -0.468 e. The molecule has 0 radical (unpaired) electrons. The zero-order chi connectivity index (χ0) is 10.6. The van der Waals surface area contributed by atoms with E-state index >= 15 is 0 Å². The normalized spacial score (nSPS) is 28.1. The molecular weight excluding hydrogens is 186 g/mol. The lowest BCUT2D eigenvalue weighted by Crippen LogP contribution is -2.47. The molecule has 1 fully saturated rings. The second-order valence-electron chi connectivity index (χ2n) is 3.40. The van der Waals surface area contributed by atoms with Crippen molar-refractivity contribution in [1.82, 2.24) is 4.90 Å². The molecule has 1 aliphatic heterocycles. The van der Waals surface area contributed by atoms with Crippen LogP contribution in [-0.4, -0.2) is 50.2 Å². The predicted octanol–water partition coefficient (Wildman–Crippen LogP) is -0.205. The molecule has 5 heteroatoms. The SMILES string of the molecule is COC(=O)[C@H]1CC(OC=O)CCN1C. The first-order chi connectivity index (χ1) is 6.69. The fourth-order valence-electron chi connectivity index (χ4n) is 1.66. The highest BCUT2D eigenvalue weighted by Crippen LogP contribution is 2.18. The highest BCUT2D eigenvalue weighted by Gasteiger charge is 2.32. The number of hydrogen-bond donors (Lipinski definition) is 0. The average molecular weight is 201 g/mol. The highest BCUT2D eigenvalue weighted by molar-refractivity contribution is 5.75. The van der Waals surface area contributed by atoms with Crippen LogP contribution in [-0.2, 0) is 19.1 Å². The molecule has 1 saturated heterocycles. The van der Waals surface area contributed by atoms with Gasteiger partial charge >= 0.3 is 5.97 Å². The number of carbonyl (C=O) groups is 2. The third-order valence-corrected chi connectivity index (χ3v) is 2.54. The summed E-state index contributed by atoms with van der Waals surface area (Å²) >= 11 is 0. The number of likely N-dealkylation sites (tertiary alicyclic amines) is 1. The first-order valence-electron chi connectivity index (χ1n) is 4.56. The van der Waals surface area contributed by atoms with Gasteiger partial charge in [-0.15, -0.1) is 0 Å². The molecular formula is C9H15NO4. The highest BCUT2D eigenvalue weighted by atomic mass is 16.5. The Hall–Kier alpha value is -1.10. The lowest BCUT2D eigenvalue weighted by atomic mass is 10.0. The van der Waals surface area contributed by atoms with Crippen LogP contribution in [0.4, 0.5) is 0 Å². The van der Waals surface area contributed by atoms with Crippen LogP contribution in [0.1, 0.15) is 12.8 Å². The van der Waals surface area contributed by atoms with Gasteiger partial charge in [0.25, 0.3) is 6.47 Å². The van der Waals surface area contributed by atoms with Crippen LogP contribution in [0.25, 0.3) is 0 Å². The number of piperidine rings is 1. The molecule has 5 nitrogen and oxygen atoms in total. The summed E-state index contributed by atoms with van der Waals surface area (Å²) in [6.07, 6.45) is 1.12. The third kappa shape index (κ3) is 2.45. The summed E-state index contributed by atoms with van der Waals surface area (Å²) in [6.45, 7) is 1.17. The van der Waals surface area contributed by atoms with Gasteiger partial charge in [-0.1, -0.05) is 0 Å². The standard InChI is InChI=1S/C9H15NO4/c1-10-4-3-7(14-6-11)5-8(10)9(12)13-2/h6-8H,3-5H2,1-2H3/t7?,8-/m1/s1. The van der Waals surface area contributed by atoms with E-state index in [-0.39, 0.29) is 18.1 Å².